The standard InChI is InChI=1S/C24H27N5OS/c1-17-23(31-16-25-17)15-28-12-11-27(2)22(14-28)20-13-29-21(5-4-6-24(29)26-20)18-7-9-19(30-3)10-8-18/h4-10,13,16,22H,11-12,14-15H2,1-3H3/t22-/m0/s1. The number of pyridine rings is 1. The van der Waals surface area contributed by atoms with Crippen LogP contribution in [0.5, 0.6) is 5.75 Å². The highest BCUT2D eigenvalue weighted by molar-refractivity contribution is 7.09. The van der Waals surface area contributed by atoms with E-state index in [1.165, 1.54) is 4.88 Å². The SMILES string of the molecule is COc1ccc(-c2cccc3nc([C@@H]4CN(Cc5scnc5C)CCN4C)cn23)cc1. The summed E-state index contributed by atoms with van der Waals surface area (Å²) in [5.41, 5.74) is 7.48. The third kappa shape index (κ3) is 3.96. The van der Waals surface area contributed by atoms with Crippen molar-refractivity contribution in [2.45, 2.75) is 19.5 Å². The minimum atomic E-state index is 0.269. The van der Waals surface area contributed by atoms with Gasteiger partial charge in [-0.05, 0) is 55.9 Å². The Morgan fingerprint density at radius 3 is 2.71 bits per heavy atom. The van der Waals surface area contributed by atoms with Crippen LogP contribution in [0.15, 0.2) is 54.2 Å². The van der Waals surface area contributed by atoms with Gasteiger partial charge < -0.3 is 4.74 Å². The Kier molecular flexibility index (Phi) is 5.48. The molecule has 31 heavy (non-hydrogen) atoms. The number of imidazole rings is 1. The van der Waals surface area contributed by atoms with E-state index < -0.39 is 0 Å². The molecule has 1 atom stereocenters. The Labute approximate surface area is 186 Å². The lowest BCUT2D eigenvalue weighted by Gasteiger charge is -2.38. The summed E-state index contributed by atoms with van der Waals surface area (Å²) in [6, 6.07) is 14.8. The molecule has 0 spiro atoms. The Bertz CT molecular complexity index is 1180. The predicted molar refractivity (Wildman–Crippen MR) is 125 cm³/mol. The van der Waals surface area contributed by atoms with Crippen LogP contribution in [0.1, 0.15) is 22.3 Å². The molecule has 4 aromatic rings. The summed E-state index contributed by atoms with van der Waals surface area (Å²) < 4.78 is 7.52. The van der Waals surface area contributed by atoms with Crippen LogP contribution in [0, 0.1) is 6.92 Å². The number of hydrogen-bond donors (Lipinski definition) is 0. The number of ether oxygens (including phenoxy) is 1. The maximum absolute atomic E-state index is 5.31. The summed E-state index contributed by atoms with van der Waals surface area (Å²) in [5.74, 6) is 0.863. The van der Waals surface area contributed by atoms with E-state index in [1.54, 1.807) is 18.4 Å². The molecule has 5 rings (SSSR count). The fourth-order valence-corrected chi connectivity index (χ4v) is 5.08. The number of likely N-dealkylation sites (N-methyl/N-ethyl adjacent to an activating group) is 1. The van der Waals surface area contributed by atoms with E-state index in [0.29, 0.717) is 0 Å². The number of aromatic nitrogens is 3. The molecule has 1 saturated heterocycles. The van der Waals surface area contributed by atoms with Crippen LogP contribution in [0.4, 0.5) is 0 Å². The topological polar surface area (TPSA) is 45.9 Å². The van der Waals surface area contributed by atoms with Crippen molar-refractivity contribution in [3.8, 4) is 17.0 Å². The van der Waals surface area contributed by atoms with Gasteiger partial charge in [0.25, 0.3) is 0 Å². The van der Waals surface area contributed by atoms with Gasteiger partial charge in [0, 0.05) is 37.3 Å². The maximum Gasteiger partial charge on any atom is 0.137 e. The van der Waals surface area contributed by atoms with Gasteiger partial charge in [-0.3, -0.25) is 14.2 Å². The first-order valence-electron chi connectivity index (χ1n) is 10.6. The van der Waals surface area contributed by atoms with Crippen LogP contribution < -0.4 is 4.74 Å². The molecule has 0 N–H and O–H groups in total. The third-order valence-corrected chi connectivity index (χ3v) is 7.10. The van der Waals surface area contributed by atoms with E-state index in [2.05, 4.69) is 69.7 Å². The molecular formula is C24H27N5OS. The third-order valence-electron chi connectivity index (χ3n) is 6.18. The Morgan fingerprint density at radius 2 is 1.97 bits per heavy atom. The molecule has 1 aliphatic rings. The Hall–Kier alpha value is -2.74. The molecule has 0 unspecified atom stereocenters. The number of benzene rings is 1. The van der Waals surface area contributed by atoms with Crippen molar-refractivity contribution in [3.63, 3.8) is 0 Å². The number of thiazole rings is 1. The number of fused-ring (bicyclic) bond motifs is 1. The molecule has 6 nitrogen and oxygen atoms in total. The van der Waals surface area contributed by atoms with Gasteiger partial charge in [-0.1, -0.05) is 6.07 Å². The fraction of sp³-hybridized carbons (Fsp3) is 0.333. The number of hydrogen-bond acceptors (Lipinski definition) is 6. The number of methoxy groups -OCH3 is 1. The van der Waals surface area contributed by atoms with Crippen molar-refractivity contribution >= 4 is 17.0 Å². The maximum atomic E-state index is 5.31. The van der Waals surface area contributed by atoms with Gasteiger partial charge in [0.1, 0.15) is 11.4 Å². The summed E-state index contributed by atoms with van der Waals surface area (Å²) in [7, 11) is 3.90. The fourth-order valence-electron chi connectivity index (χ4n) is 4.26. The Balaban J connectivity index is 1.44. The van der Waals surface area contributed by atoms with Gasteiger partial charge >= 0.3 is 0 Å². The molecule has 0 bridgehead atoms. The van der Waals surface area contributed by atoms with Crippen molar-refractivity contribution in [2.75, 3.05) is 33.8 Å². The van der Waals surface area contributed by atoms with Gasteiger partial charge in [-0.2, -0.15) is 0 Å². The molecular weight excluding hydrogens is 406 g/mol. The summed E-state index contributed by atoms with van der Waals surface area (Å²) in [4.78, 5) is 15.7. The highest BCUT2D eigenvalue weighted by Gasteiger charge is 2.28. The molecule has 0 radical (unpaired) electrons. The van der Waals surface area contributed by atoms with Crippen molar-refractivity contribution in [1.82, 2.24) is 24.2 Å². The lowest BCUT2D eigenvalue weighted by Crippen LogP contribution is -2.46. The molecule has 1 fully saturated rings. The normalized spacial score (nSPS) is 18.0. The number of piperazine rings is 1. The summed E-state index contributed by atoms with van der Waals surface area (Å²) in [5, 5.41) is 0. The first-order chi connectivity index (χ1) is 15.1. The van der Waals surface area contributed by atoms with Crippen LogP contribution in [-0.2, 0) is 6.54 Å². The largest absolute Gasteiger partial charge is 0.497 e. The first-order valence-corrected chi connectivity index (χ1v) is 11.4. The van der Waals surface area contributed by atoms with E-state index in [9.17, 15) is 0 Å². The summed E-state index contributed by atoms with van der Waals surface area (Å²) in [6.45, 7) is 6.12. The van der Waals surface area contributed by atoms with E-state index in [0.717, 1.165) is 60.2 Å². The average molecular weight is 434 g/mol. The minimum Gasteiger partial charge on any atom is -0.497 e. The van der Waals surface area contributed by atoms with E-state index in [4.69, 9.17) is 9.72 Å². The lowest BCUT2D eigenvalue weighted by molar-refractivity contribution is 0.0891. The highest BCUT2D eigenvalue weighted by atomic mass is 32.1. The molecule has 0 aliphatic carbocycles. The predicted octanol–water partition coefficient (Wildman–Crippen LogP) is 4.26. The van der Waals surface area contributed by atoms with Crippen LogP contribution in [-0.4, -0.2) is 58.0 Å². The molecule has 1 aromatic carbocycles. The van der Waals surface area contributed by atoms with Gasteiger partial charge in [-0.15, -0.1) is 11.3 Å². The molecule has 0 saturated carbocycles. The van der Waals surface area contributed by atoms with Crippen LogP contribution in [0.3, 0.4) is 0 Å². The van der Waals surface area contributed by atoms with Crippen LogP contribution in [0.25, 0.3) is 16.9 Å². The molecule has 160 valence electrons. The molecule has 1 aliphatic heterocycles. The van der Waals surface area contributed by atoms with E-state index >= 15 is 0 Å². The average Bonchev–Trinajstić information content (AvgIpc) is 3.41. The van der Waals surface area contributed by atoms with Gasteiger partial charge in [0.2, 0.25) is 0 Å². The van der Waals surface area contributed by atoms with Crippen molar-refractivity contribution in [3.05, 3.63) is 70.4 Å². The zero-order valence-electron chi connectivity index (χ0n) is 18.2. The van der Waals surface area contributed by atoms with E-state index in [1.807, 2.05) is 17.6 Å². The highest BCUT2D eigenvalue weighted by Crippen LogP contribution is 2.29. The second kappa shape index (κ2) is 8.42. The van der Waals surface area contributed by atoms with Gasteiger partial charge in [0.05, 0.1) is 35.7 Å². The van der Waals surface area contributed by atoms with E-state index in [-0.39, 0.29) is 6.04 Å². The zero-order valence-corrected chi connectivity index (χ0v) is 19.0. The summed E-state index contributed by atoms with van der Waals surface area (Å²) in [6.07, 6.45) is 2.21. The van der Waals surface area contributed by atoms with Crippen molar-refractivity contribution in [2.24, 2.45) is 0 Å². The molecule has 7 heteroatoms. The first kappa shape index (κ1) is 20.2. The Morgan fingerprint density at radius 1 is 1.13 bits per heavy atom. The number of rotatable bonds is 5. The van der Waals surface area contributed by atoms with Crippen LogP contribution >= 0.6 is 11.3 Å². The van der Waals surface area contributed by atoms with Crippen LogP contribution in [0.2, 0.25) is 0 Å². The van der Waals surface area contributed by atoms with Crippen molar-refractivity contribution < 1.29 is 4.74 Å². The summed E-state index contributed by atoms with van der Waals surface area (Å²) >= 11 is 1.75. The van der Waals surface area contributed by atoms with Gasteiger partial charge in [-0.25, -0.2) is 9.97 Å². The smallest absolute Gasteiger partial charge is 0.137 e. The lowest BCUT2D eigenvalue weighted by atomic mass is 10.1. The van der Waals surface area contributed by atoms with Crippen molar-refractivity contribution in [1.29, 1.82) is 0 Å². The quantitative estimate of drug-likeness (QED) is 0.471. The molecule has 4 heterocycles. The molecule has 3 aromatic heterocycles. The minimum absolute atomic E-state index is 0.269. The molecule has 0 amide bonds. The number of nitrogens with zero attached hydrogens (tertiary/aromatic N) is 5. The second-order valence-electron chi connectivity index (χ2n) is 8.13. The van der Waals surface area contributed by atoms with Gasteiger partial charge in [0.15, 0.2) is 0 Å². The second-order valence-corrected chi connectivity index (χ2v) is 9.07. The number of aryl methyl sites for hydroxylation is 1. The monoisotopic (exact) mass is 433 g/mol. The zero-order chi connectivity index (χ0) is 21.4.